The van der Waals surface area contributed by atoms with Crippen LogP contribution in [0, 0.1) is 12.8 Å². The second kappa shape index (κ2) is 9.90. The zero-order chi connectivity index (χ0) is 19.8. The highest BCUT2D eigenvalue weighted by molar-refractivity contribution is 5.92. The topological polar surface area (TPSA) is 70.2 Å². The smallest absolute Gasteiger partial charge is 0.229 e. The van der Waals surface area contributed by atoms with E-state index in [9.17, 15) is 4.79 Å². The summed E-state index contributed by atoms with van der Waals surface area (Å²) in [4.78, 5) is 23.5. The molecule has 27 heavy (non-hydrogen) atoms. The van der Waals surface area contributed by atoms with E-state index in [1.54, 1.807) is 0 Å². The molecule has 1 aromatic heterocycles. The fraction of sp³-hybridized carbons (Fsp3) is 0.476. The summed E-state index contributed by atoms with van der Waals surface area (Å²) in [7, 11) is 0. The molecule has 1 amide bonds. The molecule has 146 valence electrons. The van der Waals surface area contributed by atoms with Gasteiger partial charge in [-0.05, 0) is 57.9 Å². The van der Waals surface area contributed by atoms with Gasteiger partial charge in [0.05, 0.1) is 0 Å². The first-order valence-corrected chi connectivity index (χ1v) is 9.79. The molecule has 1 aromatic carbocycles. The minimum absolute atomic E-state index is 0.0574. The van der Waals surface area contributed by atoms with Crippen LogP contribution in [0.5, 0.6) is 0 Å². The summed E-state index contributed by atoms with van der Waals surface area (Å²) in [6.07, 6.45) is 1.70. The first-order valence-electron chi connectivity index (χ1n) is 9.79. The van der Waals surface area contributed by atoms with E-state index in [4.69, 9.17) is 0 Å². The summed E-state index contributed by atoms with van der Waals surface area (Å²) in [5.41, 5.74) is 2.60. The van der Waals surface area contributed by atoms with Gasteiger partial charge in [-0.1, -0.05) is 13.8 Å². The Bertz CT molecular complexity index is 737. The van der Waals surface area contributed by atoms with Gasteiger partial charge in [0.15, 0.2) is 0 Å². The molecule has 0 saturated carbocycles. The zero-order valence-electron chi connectivity index (χ0n) is 17.0. The Kier molecular flexibility index (Phi) is 7.58. The Morgan fingerprint density at radius 1 is 1.00 bits per heavy atom. The number of anilines is 4. The molecule has 0 atom stereocenters. The number of nitrogens with zero attached hydrogens (tertiary/aromatic N) is 3. The highest BCUT2D eigenvalue weighted by Gasteiger charge is 2.14. The summed E-state index contributed by atoms with van der Waals surface area (Å²) in [5.74, 6) is 1.63. The summed E-state index contributed by atoms with van der Waals surface area (Å²) in [5, 5.41) is 6.23. The quantitative estimate of drug-likeness (QED) is 0.667. The molecule has 0 spiro atoms. The van der Waals surface area contributed by atoms with Crippen molar-refractivity contribution in [2.24, 2.45) is 5.92 Å². The van der Waals surface area contributed by atoms with Crippen molar-refractivity contribution in [2.75, 3.05) is 28.6 Å². The Hall–Kier alpha value is -2.63. The lowest BCUT2D eigenvalue weighted by Gasteiger charge is -2.20. The minimum atomic E-state index is 0.0574. The van der Waals surface area contributed by atoms with Crippen LogP contribution < -0.4 is 15.5 Å². The lowest BCUT2D eigenvalue weighted by atomic mass is 10.0. The minimum Gasteiger partial charge on any atom is -0.357 e. The van der Waals surface area contributed by atoms with Crippen LogP contribution in [0.1, 0.15) is 46.2 Å². The highest BCUT2D eigenvalue weighted by atomic mass is 16.1. The van der Waals surface area contributed by atoms with E-state index in [-0.39, 0.29) is 11.8 Å². The van der Waals surface area contributed by atoms with E-state index in [1.165, 1.54) is 0 Å². The molecule has 0 aliphatic carbocycles. The van der Waals surface area contributed by atoms with E-state index in [0.717, 1.165) is 48.8 Å². The SMILES string of the molecule is CCC(CC)C(=O)Nc1ccc(Nc2nc(C)cc(N(CC)CC)n2)cc1. The Morgan fingerprint density at radius 3 is 2.15 bits per heavy atom. The van der Waals surface area contributed by atoms with Crippen LogP contribution in [0.25, 0.3) is 0 Å². The van der Waals surface area contributed by atoms with Crippen LogP contribution in [0.2, 0.25) is 0 Å². The van der Waals surface area contributed by atoms with Gasteiger partial charge in [-0.3, -0.25) is 4.79 Å². The van der Waals surface area contributed by atoms with Gasteiger partial charge in [-0.15, -0.1) is 0 Å². The van der Waals surface area contributed by atoms with E-state index < -0.39 is 0 Å². The Labute approximate surface area is 162 Å². The fourth-order valence-corrected chi connectivity index (χ4v) is 2.99. The molecule has 0 unspecified atom stereocenters. The van der Waals surface area contributed by atoms with Gasteiger partial charge < -0.3 is 15.5 Å². The third-order valence-electron chi connectivity index (χ3n) is 4.69. The molecule has 0 aliphatic heterocycles. The van der Waals surface area contributed by atoms with Gasteiger partial charge in [-0.25, -0.2) is 4.98 Å². The molecular formula is C21H31N5O. The van der Waals surface area contributed by atoms with E-state index in [1.807, 2.05) is 51.1 Å². The number of carbonyl (C=O) groups excluding carboxylic acids is 1. The third-order valence-corrected chi connectivity index (χ3v) is 4.69. The number of carbonyl (C=O) groups is 1. The second-order valence-corrected chi connectivity index (χ2v) is 6.57. The zero-order valence-corrected chi connectivity index (χ0v) is 17.0. The molecule has 2 N–H and O–H groups in total. The molecule has 2 aromatic rings. The number of aromatic nitrogens is 2. The molecule has 0 saturated heterocycles. The monoisotopic (exact) mass is 369 g/mol. The highest BCUT2D eigenvalue weighted by Crippen LogP contribution is 2.20. The summed E-state index contributed by atoms with van der Waals surface area (Å²) < 4.78 is 0. The Morgan fingerprint density at radius 2 is 1.59 bits per heavy atom. The van der Waals surface area contributed by atoms with Crippen LogP contribution in [0.3, 0.4) is 0 Å². The van der Waals surface area contributed by atoms with Gasteiger partial charge in [-0.2, -0.15) is 4.98 Å². The van der Waals surface area contributed by atoms with Crippen LogP contribution in [-0.4, -0.2) is 29.0 Å². The summed E-state index contributed by atoms with van der Waals surface area (Å²) >= 11 is 0. The number of hydrogen-bond acceptors (Lipinski definition) is 5. The number of hydrogen-bond donors (Lipinski definition) is 2. The van der Waals surface area contributed by atoms with Crippen molar-refractivity contribution < 1.29 is 4.79 Å². The Balaban J connectivity index is 2.09. The van der Waals surface area contributed by atoms with E-state index in [0.29, 0.717) is 5.95 Å². The number of rotatable bonds is 9. The molecule has 0 radical (unpaired) electrons. The van der Waals surface area contributed by atoms with Gasteiger partial charge in [0, 0.05) is 42.1 Å². The fourth-order valence-electron chi connectivity index (χ4n) is 2.99. The largest absolute Gasteiger partial charge is 0.357 e. The maximum Gasteiger partial charge on any atom is 0.229 e. The maximum absolute atomic E-state index is 12.2. The predicted molar refractivity (Wildman–Crippen MR) is 113 cm³/mol. The number of aryl methyl sites for hydroxylation is 1. The van der Waals surface area contributed by atoms with Crippen LogP contribution in [-0.2, 0) is 4.79 Å². The van der Waals surface area contributed by atoms with Gasteiger partial charge in [0.1, 0.15) is 5.82 Å². The maximum atomic E-state index is 12.2. The van der Waals surface area contributed by atoms with Gasteiger partial charge in [0.2, 0.25) is 11.9 Å². The second-order valence-electron chi connectivity index (χ2n) is 6.57. The third kappa shape index (κ3) is 5.67. The number of benzene rings is 1. The molecule has 0 aliphatic rings. The average Bonchev–Trinajstić information content (AvgIpc) is 2.65. The van der Waals surface area contributed by atoms with Crippen molar-refractivity contribution in [3.63, 3.8) is 0 Å². The molecule has 2 rings (SSSR count). The molecule has 6 heteroatoms. The van der Waals surface area contributed by atoms with Crippen LogP contribution in [0.15, 0.2) is 30.3 Å². The summed E-state index contributed by atoms with van der Waals surface area (Å²) in [6, 6.07) is 9.62. The van der Waals surface area contributed by atoms with Gasteiger partial charge >= 0.3 is 0 Å². The van der Waals surface area contributed by atoms with Crippen molar-refractivity contribution in [3.8, 4) is 0 Å². The predicted octanol–water partition coefficient (Wildman–Crippen LogP) is 4.75. The first-order chi connectivity index (χ1) is 13.0. The normalized spacial score (nSPS) is 10.7. The van der Waals surface area contributed by atoms with E-state index in [2.05, 4.69) is 39.3 Å². The van der Waals surface area contributed by atoms with Crippen molar-refractivity contribution >= 4 is 29.0 Å². The first kappa shape index (κ1) is 20.7. The summed E-state index contributed by atoms with van der Waals surface area (Å²) in [6.45, 7) is 12.1. The average molecular weight is 370 g/mol. The lowest BCUT2D eigenvalue weighted by Crippen LogP contribution is -2.23. The lowest BCUT2D eigenvalue weighted by molar-refractivity contribution is -0.120. The standard InChI is InChI=1S/C21H31N5O/c1-6-16(7-2)20(27)23-17-10-12-18(13-11-17)24-21-22-15(5)14-19(25-21)26(8-3)9-4/h10-14,16H,6-9H2,1-5H3,(H,23,27)(H,22,24,25). The molecule has 0 bridgehead atoms. The van der Waals surface area contributed by atoms with Crippen molar-refractivity contribution in [1.82, 2.24) is 9.97 Å². The van der Waals surface area contributed by atoms with Crippen LogP contribution >= 0.6 is 0 Å². The molecule has 6 nitrogen and oxygen atoms in total. The molecule has 0 fully saturated rings. The van der Waals surface area contributed by atoms with Crippen LogP contribution in [0.4, 0.5) is 23.1 Å². The van der Waals surface area contributed by atoms with E-state index >= 15 is 0 Å². The number of amides is 1. The van der Waals surface area contributed by atoms with Crippen molar-refractivity contribution in [1.29, 1.82) is 0 Å². The molecular weight excluding hydrogens is 338 g/mol. The van der Waals surface area contributed by atoms with Crippen molar-refractivity contribution in [3.05, 3.63) is 36.0 Å². The molecule has 1 heterocycles. The van der Waals surface area contributed by atoms with Crippen molar-refractivity contribution in [2.45, 2.75) is 47.5 Å². The van der Waals surface area contributed by atoms with Gasteiger partial charge in [0.25, 0.3) is 0 Å². The number of nitrogens with one attached hydrogen (secondary N) is 2.